The Balaban J connectivity index is 2.55. The molecule has 1 aromatic rings. The lowest BCUT2D eigenvalue weighted by Gasteiger charge is -2.06. The Morgan fingerprint density at radius 1 is 1.44 bits per heavy atom. The number of thioether (sulfide) groups is 1. The summed E-state index contributed by atoms with van der Waals surface area (Å²) < 4.78 is 0. The quantitative estimate of drug-likeness (QED) is 0.634. The highest BCUT2D eigenvalue weighted by Gasteiger charge is 2.14. The number of hydrogen-bond donors (Lipinski definition) is 2. The smallest absolute Gasteiger partial charge is 0.263 e. The number of aromatic amines is 1. The van der Waals surface area contributed by atoms with Gasteiger partial charge >= 0.3 is 0 Å². The van der Waals surface area contributed by atoms with Gasteiger partial charge in [0.1, 0.15) is 5.56 Å². The van der Waals surface area contributed by atoms with Gasteiger partial charge in [0.15, 0.2) is 5.16 Å². The standard InChI is InChI=1S/C13H14N2O2S/c1-8-5-3-4-6-9(7-8)10-11(16)14-13(18-2)15-12(10)17/h3-8H,1-2H3,(H2,14,15,16,17). The summed E-state index contributed by atoms with van der Waals surface area (Å²) in [5.41, 5.74) is 0.586. The SMILES string of the molecule is CSc1nc(O)c(C2=CC(C)C=CC=C2)c(=O)[nH]1. The lowest BCUT2D eigenvalue weighted by Crippen LogP contribution is -2.14. The molecule has 5 heteroatoms. The van der Waals surface area contributed by atoms with Gasteiger partial charge in [-0.3, -0.25) is 4.79 Å². The maximum Gasteiger partial charge on any atom is 0.263 e. The molecular weight excluding hydrogens is 248 g/mol. The monoisotopic (exact) mass is 262 g/mol. The summed E-state index contributed by atoms with van der Waals surface area (Å²) in [7, 11) is 0. The van der Waals surface area contributed by atoms with Crippen molar-refractivity contribution in [3.8, 4) is 5.88 Å². The molecule has 0 fully saturated rings. The Bertz CT molecular complexity index is 599. The molecule has 1 heterocycles. The van der Waals surface area contributed by atoms with E-state index in [0.717, 1.165) is 0 Å². The highest BCUT2D eigenvalue weighted by atomic mass is 32.2. The second-order valence-corrected chi connectivity index (χ2v) is 4.79. The van der Waals surface area contributed by atoms with Crippen LogP contribution in [0.5, 0.6) is 5.88 Å². The van der Waals surface area contributed by atoms with Crippen molar-refractivity contribution in [3.63, 3.8) is 0 Å². The highest BCUT2D eigenvalue weighted by Crippen LogP contribution is 2.25. The zero-order valence-electron chi connectivity index (χ0n) is 10.2. The lowest BCUT2D eigenvalue weighted by atomic mass is 10.0. The van der Waals surface area contributed by atoms with E-state index in [1.165, 1.54) is 11.8 Å². The van der Waals surface area contributed by atoms with E-state index in [9.17, 15) is 9.90 Å². The largest absolute Gasteiger partial charge is 0.493 e. The summed E-state index contributed by atoms with van der Waals surface area (Å²) in [5, 5.41) is 10.3. The molecule has 2 N–H and O–H groups in total. The van der Waals surface area contributed by atoms with Crippen molar-refractivity contribution in [1.29, 1.82) is 0 Å². The van der Waals surface area contributed by atoms with E-state index < -0.39 is 0 Å². The molecule has 1 atom stereocenters. The fourth-order valence-electron chi connectivity index (χ4n) is 1.76. The molecule has 94 valence electrons. The van der Waals surface area contributed by atoms with Gasteiger partial charge < -0.3 is 10.1 Å². The van der Waals surface area contributed by atoms with Gasteiger partial charge in [0.25, 0.3) is 5.56 Å². The van der Waals surface area contributed by atoms with E-state index in [-0.39, 0.29) is 22.9 Å². The summed E-state index contributed by atoms with van der Waals surface area (Å²) in [6.45, 7) is 2.01. The number of H-pyrrole nitrogens is 1. The fourth-order valence-corrected chi connectivity index (χ4v) is 2.13. The molecule has 0 amide bonds. The zero-order valence-corrected chi connectivity index (χ0v) is 11.0. The molecular formula is C13H14N2O2S. The molecule has 18 heavy (non-hydrogen) atoms. The molecule has 1 aromatic heterocycles. The van der Waals surface area contributed by atoms with Gasteiger partial charge in [-0.1, -0.05) is 49.1 Å². The van der Waals surface area contributed by atoms with Gasteiger partial charge in [0.2, 0.25) is 5.88 Å². The van der Waals surface area contributed by atoms with Crippen LogP contribution in [0.2, 0.25) is 0 Å². The normalized spacial score (nSPS) is 18.6. The average Bonchev–Trinajstić information content (AvgIpc) is 2.53. The molecule has 0 aromatic carbocycles. The van der Waals surface area contributed by atoms with Crippen LogP contribution in [0.4, 0.5) is 0 Å². The minimum atomic E-state index is -0.322. The van der Waals surface area contributed by atoms with E-state index in [1.54, 1.807) is 12.3 Å². The Kier molecular flexibility index (Phi) is 3.72. The Morgan fingerprint density at radius 2 is 2.22 bits per heavy atom. The van der Waals surface area contributed by atoms with Gasteiger partial charge in [-0.05, 0) is 17.7 Å². The van der Waals surface area contributed by atoms with Crippen LogP contribution < -0.4 is 5.56 Å². The molecule has 1 unspecified atom stereocenters. The molecule has 0 radical (unpaired) electrons. The first-order valence-electron chi connectivity index (χ1n) is 5.56. The topological polar surface area (TPSA) is 66.0 Å². The molecule has 0 spiro atoms. The number of aromatic hydroxyl groups is 1. The number of hydrogen-bond acceptors (Lipinski definition) is 4. The highest BCUT2D eigenvalue weighted by molar-refractivity contribution is 7.98. The van der Waals surface area contributed by atoms with Crippen LogP contribution in [-0.4, -0.2) is 21.3 Å². The lowest BCUT2D eigenvalue weighted by molar-refractivity contribution is 0.442. The van der Waals surface area contributed by atoms with Crippen LogP contribution >= 0.6 is 11.8 Å². The molecule has 0 bridgehead atoms. The molecule has 0 saturated carbocycles. The van der Waals surface area contributed by atoms with Crippen molar-refractivity contribution in [2.45, 2.75) is 12.1 Å². The van der Waals surface area contributed by atoms with Crippen molar-refractivity contribution in [2.75, 3.05) is 6.26 Å². The second-order valence-electron chi connectivity index (χ2n) is 4.00. The van der Waals surface area contributed by atoms with Crippen molar-refractivity contribution < 1.29 is 5.11 Å². The van der Waals surface area contributed by atoms with Gasteiger partial charge in [-0.25, -0.2) is 0 Å². The van der Waals surface area contributed by atoms with Crippen LogP contribution in [-0.2, 0) is 0 Å². The van der Waals surface area contributed by atoms with E-state index in [0.29, 0.717) is 10.7 Å². The fraction of sp³-hybridized carbons (Fsp3) is 0.231. The van der Waals surface area contributed by atoms with Crippen molar-refractivity contribution >= 4 is 17.3 Å². The number of rotatable bonds is 2. The molecule has 4 nitrogen and oxygen atoms in total. The summed E-state index contributed by atoms with van der Waals surface area (Å²) >= 11 is 1.28. The summed E-state index contributed by atoms with van der Waals surface area (Å²) in [6, 6.07) is 0. The van der Waals surface area contributed by atoms with E-state index in [4.69, 9.17) is 0 Å². The van der Waals surface area contributed by atoms with Gasteiger partial charge in [0.05, 0.1) is 0 Å². The molecule has 1 aliphatic rings. The number of aromatic nitrogens is 2. The maximum atomic E-state index is 12.0. The van der Waals surface area contributed by atoms with Crippen molar-refractivity contribution in [2.24, 2.45) is 5.92 Å². The minimum Gasteiger partial charge on any atom is -0.493 e. The Labute approximate surface area is 109 Å². The van der Waals surface area contributed by atoms with Crippen LogP contribution in [0.25, 0.3) is 5.57 Å². The number of nitrogens with one attached hydrogen (secondary N) is 1. The first-order chi connectivity index (χ1) is 8.61. The van der Waals surface area contributed by atoms with Gasteiger partial charge in [-0.15, -0.1) is 0 Å². The minimum absolute atomic E-state index is 0.203. The second kappa shape index (κ2) is 5.27. The number of nitrogens with zero attached hydrogens (tertiary/aromatic N) is 1. The van der Waals surface area contributed by atoms with E-state index >= 15 is 0 Å². The first kappa shape index (κ1) is 12.7. The average molecular weight is 262 g/mol. The van der Waals surface area contributed by atoms with Crippen LogP contribution in [0.3, 0.4) is 0 Å². The molecule has 0 aliphatic heterocycles. The third-order valence-corrected chi connectivity index (χ3v) is 3.18. The summed E-state index contributed by atoms with van der Waals surface area (Å²) in [5.74, 6) is -0.0258. The van der Waals surface area contributed by atoms with E-state index in [2.05, 4.69) is 9.97 Å². The summed E-state index contributed by atoms with van der Waals surface area (Å²) in [4.78, 5) is 18.6. The molecule has 0 saturated heterocycles. The first-order valence-corrected chi connectivity index (χ1v) is 6.78. The van der Waals surface area contributed by atoms with Crippen molar-refractivity contribution in [3.05, 3.63) is 46.3 Å². The van der Waals surface area contributed by atoms with Crippen LogP contribution in [0, 0.1) is 5.92 Å². The zero-order chi connectivity index (χ0) is 13.1. The van der Waals surface area contributed by atoms with Crippen LogP contribution in [0.15, 0.2) is 40.3 Å². The molecule has 2 rings (SSSR count). The predicted octanol–water partition coefficient (Wildman–Crippen LogP) is 2.34. The predicted molar refractivity (Wildman–Crippen MR) is 73.7 cm³/mol. The van der Waals surface area contributed by atoms with E-state index in [1.807, 2.05) is 31.2 Å². The summed E-state index contributed by atoms with van der Waals surface area (Å²) in [6.07, 6.45) is 11.3. The van der Waals surface area contributed by atoms with Gasteiger partial charge in [0, 0.05) is 0 Å². The third kappa shape index (κ3) is 2.56. The maximum absolute atomic E-state index is 12.0. The van der Waals surface area contributed by atoms with Gasteiger partial charge in [-0.2, -0.15) is 4.98 Å². The number of allylic oxidation sites excluding steroid dienone is 6. The Morgan fingerprint density at radius 3 is 2.89 bits per heavy atom. The molecule has 1 aliphatic carbocycles. The Hall–Kier alpha value is -1.75. The van der Waals surface area contributed by atoms with Crippen LogP contribution in [0.1, 0.15) is 12.5 Å². The third-order valence-electron chi connectivity index (χ3n) is 2.60. The van der Waals surface area contributed by atoms with Crippen molar-refractivity contribution in [1.82, 2.24) is 9.97 Å².